The Morgan fingerprint density at radius 2 is 2.21 bits per heavy atom. The molecule has 0 aliphatic carbocycles. The summed E-state index contributed by atoms with van der Waals surface area (Å²) in [4.78, 5) is 26.6. The van der Waals surface area contributed by atoms with Gasteiger partial charge in [-0.1, -0.05) is 5.92 Å². The first-order valence-corrected chi connectivity index (χ1v) is 6.39. The molecule has 2 aliphatic rings. The first-order chi connectivity index (χ1) is 8.91. The van der Waals surface area contributed by atoms with Crippen molar-refractivity contribution in [3.8, 4) is 12.3 Å². The molecule has 2 aliphatic heterocycles. The molecule has 2 rings (SSSR count). The van der Waals surface area contributed by atoms with E-state index in [1.54, 1.807) is 24.8 Å². The van der Waals surface area contributed by atoms with E-state index in [0.29, 0.717) is 29.8 Å². The van der Waals surface area contributed by atoms with Gasteiger partial charge in [0, 0.05) is 12.2 Å². The second kappa shape index (κ2) is 4.58. The zero-order valence-electron chi connectivity index (χ0n) is 11.5. The van der Waals surface area contributed by atoms with Crippen molar-refractivity contribution in [2.24, 2.45) is 0 Å². The number of allylic oxidation sites excluding steroid dienone is 2. The van der Waals surface area contributed by atoms with Crippen LogP contribution in [0.15, 0.2) is 22.9 Å². The van der Waals surface area contributed by atoms with Crippen LogP contribution in [0, 0.1) is 12.3 Å². The van der Waals surface area contributed by atoms with E-state index >= 15 is 0 Å². The van der Waals surface area contributed by atoms with Crippen LogP contribution in [-0.2, 0) is 9.59 Å². The number of carbonyl (C=O) groups excluding carboxylic acids is 2. The van der Waals surface area contributed by atoms with Gasteiger partial charge in [-0.3, -0.25) is 9.59 Å². The minimum absolute atomic E-state index is 0.111. The summed E-state index contributed by atoms with van der Waals surface area (Å²) in [6.45, 7) is 5.97. The van der Waals surface area contributed by atoms with Gasteiger partial charge >= 0.3 is 0 Å². The Labute approximate surface area is 113 Å². The van der Waals surface area contributed by atoms with E-state index in [9.17, 15) is 9.59 Å². The molecular weight excluding hydrogens is 240 g/mol. The fourth-order valence-electron chi connectivity index (χ4n) is 2.85. The second-order valence-electron chi connectivity index (χ2n) is 5.28. The standard InChI is InChI=1S/C15H18N2O2/c1-5-7-10(2)12-11(3)16-14(19)15(4)8-6-9-17(15)13(12)18/h1,7H,6,8-9H2,2-4H3,(H,16,19)/b10-7-. The highest BCUT2D eigenvalue weighted by Crippen LogP contribution is 2.34. The topological polar surface area (TPSA) is 49.4 Å². The molecule has 0 bridgehead atoms. The van der Waals surface area contributed by atoms with E-state index in [1.807, 2.05) is 6.92 Å². The third-order valence-corrected chi connectivity index (χ3v) is 3.96. The van der Waals surface area contributed by atoms with Crippen molar-refractivity contribution >= 4 is 11.8 Å². The third kappa shape index (κ3) is 1.95. The Morgan fingerprint density at radius 3 is 2.84 bits per heavy atom. The summed E-state index contributed by atoms with van der Waals surface area (Å²) in [5, 5.41) is 2.84. The van der Waals surface area contributed by atoms with Gasteiger partial charge in [0.25, 0.3) is 5.91 Å². The van der Waals surface area contributed by atoms with Gasteiger partial charge in [-0.15, -0.1) is 6.42 Å². The molecule has 1 atom stereocenters. The molecule has 100 valence electrons. The molecule has 0 spiro atoms. The molecule has 0 aromatic carbocycles. The van der Waals surface area contributed by atoms with E-state index in [0.717, 1.165) is 6.42 Å². The Kier molecular flexibility index (Phi) is 3.23. The second-order valence-corrected chi connectivity index (χ2v) is 5.28. The quantitative estimate of drug-likeness (QED) is 0.722. The van der Waals surface area contributed by atoms with Crippen LogP contribution in [0.25, 0.3) is 0 Å². The summed E-state index contributed by atoms with van der Waals surface area (Å²) < 4.78 is 0. The SMILES string of the molecule is C#C/C=C(/C)C1=C(C)NC(=O)C2(C)CCCN2C1=O. The third-order valence-electron chi connectivity index (χ3n) is 3.96. The van der Waals surface area contributed by atoms with Gasteiger partial charge in [0.2, 0.25) is 5.91 Å². The molecule has 0 aromatic rings. The minimum Gasteiger partial charge on any atom is -0.327 e. The largest absolute Gasteiger partial charge is 0.327 e. The zero-order chi connectivity index (χ0) is 14.2. The zero-order valence-corrected chi connectivity index (χ0v) is 11.5. The molecule has 1 saturated heterocycles. The summed E-state index contributed by atoms with van der Waals surface area (Å²) in [5.41, 5.74) is 1.06. The molecule has 0 aromatic heterocycles. The average Bonchev–Trinajstić information content (AvgIpc) is 2.70. The monoisotopic (exact) mass is 258 g/mol. The molecule has 0 saturated carbocycles. The van der Waals surface area contributed by atoms with Crippen LogP contribution in [0.1, 0.15) is 33.6 Å². The van der Waals surface area contributed by atoms with Gasteiger partial charge in [0.05, 0.1) is 5.57 Å². The highest BCUT2D eigenvalue weighted by molar-refractivity contribution is 6.05. The number of hydrogen-bond donors (Lipinski definition) is 1. The number of nitrogens with zero attached hydrogens (tertiary/aromatic N) is 1. The summed E-state index contributed by atoms with van der Waals surface area (Å²) in [7, 11) is 0. The van der Waals surface area contributed by atoms with Crippen LogP contribution < -0.4 is 5.32 Å². The fourth-order valence-corrected chi connectivity index (χ4v) is 2.85. The average molecular weight is 258 g/mol. The molecule has 1 N–H and O–H groups in total. The van der Waals surface area contributed by atoms with E-state index in [2.05, 4.69) is 11.2 Å². The summed E-state index contributed by atoms with van der Waals surface area (Å²) in [5.74, 6) is 2.20. The Morgan fingerprint density at radius 1 is 1.53 bits per heavy atom. The maximum absolute atomic E-state index is 12.7. The molecule has 2 amide bonds. The lowest BCUT2D eigenvalue weighted by molar-refractivity contribution is -0.139. The van der Waals surface area contributed by atoms with Gasteiger partial charge in [-0.25, -0.2) is 0 Å². The summed E-state index contributed by atoms with van der Waals surface area (Å²) >= 11 is 0. The van der Waals surface area contributed by atoms with Crippen LogP contribution in [0.5, 0.6) is 0 Å². The van der Waals surface area contributed by atoms with Gasteiger partial charge < -0.3 is 10.2 Å². The summed E-state index contributed by atoms with van der Waals surface area (Å²) in [6, 6.07) is 0. The number of amides is 2. The first kappa shape index (κ1) is 13.4. The van der Waals surface area contributed by atoms with E-state index in [4.69, 9.17) is 6.42 Å². The molecule has 0 radical (unpaired) electrons. The van der Waals surface area contributed by atoms with Gasteiger partial charge in [-0.2, -0.15) is 0 Å². The van der Waals surface area contributed by atoms with Crippen LogP contribution in [0.4, 0.5) is 0 Å². The smallest absolute Gasteiger partial charge is 0.256 e. The van der Waals surface area contributed by atoms with Gasteiger partial charge in [-0.05, 0) is 45.3 Å². The Hall–Kier alpha value is -2.02. The van der Waals surface area contributed by atoms with Gasteiger partial charge in [0.15, 0.2) is 0 Å². The van der Waals surface area contributed by atoms with Crippen molar-refractivity contribution in [1.29, 1.82) is 0 Å². The van der Waals surface area contributed by atoms with Crippen molar-refractivity contribution in [1.82, 2.24) is 10.2 Å². The molecular formula is C15H18N2O2. The number of nitrogens with one attached hydrogen (secondary N) is 1. The van der Waals surface area contributed by atoms with Crippen LogP contribution in [-0.4, -0.2) is 28.8 Å². The first-order valence-electron chi connectivity index (χ1n) is 6.39. The number of terminal acetylenes is 1. The predicted molar refractivity (Wildman–Crippen MR) is 72.8 cm³/mol. The van der Waals surface area contributed by atoms with Gasteiger partial charge in [0.1, 0.15) is 5.54 Å². The molecule has 4 heteroatoms. The van der Waals surface area contributed by atoms with Crippen molar-refractivity contribution in [3.05, 3.63) is 22.9 Å². The normalized spacial score (nSPS) is 27.9. The van der Waals surface area contributed by atoms with E-state index in [1.165, 1.54) is 0 Å². The maximum Gasteiger partial charge on any atom is 0.256 e. The van der Waals surface area contributed by atoms with Crippen molar-refractivity contribution in [3.63, 3.8) is 0 Å². The predicted octanol–water partition coefficient (Wildman–Crippen LogP) is 1.35. The molecule has 4 nitrogen and oxygen atoms in total. The summed E-state index contributed by atoms with van der Waals surface area (Å²) in [6.07, 6.45) is 8.37. The van der Waals surface area contributed by atoms with Crippen molar-refractivity contribution in [2.75, 3.05) is 6.54 Å². The van der Waals surface area contributed by atoms with Crippen LogP contribution >= 0.6 is 0 Å². The highest BCUT2D eigenvalue weighted by Gasteiger charge is 2.48. The van der Waals surface area contributed by atoms with Crippen LogP contribution in [0.2, 0.25) is 0 Å². The molecule has 2 heterocycles. The lowest BCUT2D eigenvalue weighted by Crippen LogP contribution is -2.53. The lowest BCUT2D eigenvalue weighted by atomic mass is 9.97. The van der Waals surface area contributed by atoms with Crippen LogP contribution in [0.3, 0.4) is 0 Å². The van der Waals surface area contributed by atoms with Crippen molar-refractivity contribution in [2.45, 2.75) is 39.2 Å². The molecule has 1 unspecified atom stereocenters. The molecule has 1 fully saturated rings. The minimum atomic E-state index is -0.740. The number of fused-ring (bicyclic) bond motifs is 1. The molecule has 19 heavy (non-hydrogen) atoms. The highest BCUT2D eigenvalue weighted by atomic mass is 16.2. The lowest BCUT2D eigenvalue weighted by Gasteiger charge is -2.31. The van der Waals surface area contributed by atoms with E-state index in [-0.39, 0.29) is 11.8 Å². The number of carbonyl (C=O) groups is 2. The van der Waals surface area contributed by atoms with Crippen molar-refractivity contribution < 1.29 is 9.59 Å². The number of rotatable bonds is 1. The number of hydrogen-bond acceptors (Lipinski definition) is 2. The Balaban J connectivity index is 2.54. The van der Waals surface area contributed by atoms with E-state index < -0.39 is 5.54 Å². The maximum atomic E-state index is 12.7. The fraction of sp³-hybridized carbons (Fsp3) is 0.467. The Bertz CT molecular complexity index is 551.